The predicted molar refractivity (Wildman–Crippen MR) is 44.3 cm³/mol. The molecule has 0 bridgehead atoms. The van der Waals surface area contributed by atoms with Crippen molar-refractivity contribution in [3.05, 3.63) is 27.5 Å². The zero-order valence-corrected chi connectivity index (χ0v) is 6.68. The van der Waals surface area contributed by atoms with E-state index in [1.165, 1.54) is 6.07 Å². The molecular formula is C7H9F2N3O. The molecular weight excluding hydrogens is 180 g/mol. The van der Waals surface area contributed by atoms with Gasteiger partial charge in [-0.1, -0.05) is 0 Å². The lowest BCUT2D eigenvalue weighted by Crippen LogP contribution is -2.19. The van der Waals surface area contributed by atoms with Crippen LogP contribution in [0.4, 0.5) is 14.6 Å². The fourth-order valence-electron chi connectivity index (χ4n) is 1.05. The van der Waals surface area contributed by atoms with E-state index in [1.807, 2.05) is 0 Å². The maximum atomic E-state index is 12.3. The molecule has 1 aromatic rings. The lowest BCUT2D eigenvalue weighted by molar-refractivity contribution is 0.148. The summed E-state index contributed by atoms with van der Waals surface area (Å²) in [5.41, 5.74) is 9.03. The second kappa shape index (κ2) is 3.53. The molecule has 5 N–H and O–H groups in total. The average molecular weight is 189 g/mol. The van der Waals surface area contributed by atoms with Gasteiger partial charge in [-0.3, -0.25) is 4.79 Å². The first kappa shape index (κ1) is 9.66. The van der Waals surface area contributed by atoms with Gasteiger partial charge in [0.25, 0.3) is 12.0 Å². The summed E-state index contributed by atoms with van der Waals surface area (Å²) in [6, 6.07) is 1.24. The van der Waals surface area contributed by atoms with E-state index in [9.17, 15) is 13.6 Å². The summed E-state index contributed by atoms with van der Waals surface area (Å²) >= 11 is 0. The van der Waals surface area contributed by atoms with Crippen molar-refractivity contribution in [2.75, 3.05) is 5.73 Å². The summed E-state index contributed by atoms with van der Waals surface area (Å²) in [6.07, 6.45) is -2.83. The molecule has 72 valence electrons. The molecule has 0 atom stereocenters. The number of aromatic nitrogens is 1. The second-order valence-electron chi connectivity index (χ2n) is 2.50. The molecule has 1 aromatic heterocycles. The number of hydrogen-bond donors (Lipinski definition) is 3. The smallest absolute Gasteiger partial charge is 0.269 e. The molecule has 0 spiro atoms. The third kappa shape index (κ3) is 1.83. The average Bonchev–Trinajstić information content (AvgIpc) is 2.01. The minimum absolute atomic E-state index is 0.0369. The van der Waals surface area contributed by atoms with Crippen LogP contribution in [0.15, 0.2) is 10.9 Å². The molecule has 0 aliphatic heterocycles. The molecule has 0 aliphatic rings. The van der Waals surface area contributed by atoms with Crippen LogP contribution in [0, 0.1) is 0 Å². The Labute approximate surface area is 72.6 Å². The zero-order chi connectivity index (χ0) is 10.0. The third-order valence-corrected chi connectivity index (χ3v) is 1.62. The van der Waals surface area contributed by atoms with Gasteiger partial charge in [-0.15, -0.1) is 0 Å². The molecule has 6 heteroatoms. The standard InChI is InChI=1S/C7H9F2N3O/c8-6(9)5-3(2-10)1-4(11)12-7(5)13/h1,6H,2,10H2,(H3,11,12,13). The van der Waals surface area contributed by atoms with E-state index >= 15 is 0 Å². The number of rotatable bonds is 2. The molecule has 4 nitrogen and oxygen atoms in total. The number of alkyl halides is 2. The van der Waals surface area contributed by atoms with Crippen LogP contribution in [0.3, 0.4) is 0 Å². The number of nitrogens with two attached hydrogens (primary N) is 2. The Bertz CT molecular complexity index is 361. The zero-order valence-electron chi connectivity index (χ0n) is 6.68. The van der Waals surface area contributed by atoms with Crippen molar-refractivity contribution in [2.24, 2.45) is 5.73 Å². The number of nitrogen functional groups attached to an aromatic ring is 1. The fraction of sp³-hybridized carbons (Fsp3) is 0.286. The van der Waals surface area contributed by atoms with Crippen molar-refractivity contribution < 1.29 is 8.78 Å². The predicted octanol–water partition coefficient (Wildman–Crippen LogP) is 0.353. The topological polar surface area (TPSA) is 84.9 Å². The fourth-order valence-corrected chi connectivity index (χ4v) is 1.05. The van der Waals surface area contributed by atoms with Gasteiger partial charge in [-0.25, -0.2) is 8.78 Å². The van der Waals surface area contributed by atoms with Crippen LogP contribution < -0.4 is 17.0 Å². The van der Waals surface area contributed by atoms with E-state index in [0.717, 1.165) is 0 Å². The first-order valence-corrected chi connectivity index (χ1v) is 3.56. The van der Waals surface area contributed by atoms with Crippen LogP contribution >= 0.6 is 0 Å². The number of aromatic amines is 1. The normalized spacial score (nSPS) is 10.8. The summed E-state index contributed by atoms with van der Waals surface area (Å²) in [6.45, 7) is -0.131. The lowest BCUT2D eigenvalue weighted by Gasteiger charge is -2.05. The largest absolute Gasteiger partial charge is 0.385 e. The van der Waals surface area contributed by atoms with Gasteiger partial charge in [0.05, 0.1) is 5.56 Å². The van der Waals surface area contributed by atoms with Gasteiger partial charge >= 0.3 is 0 Å². The first-order chi connectivity index (χ1) is 6.06. The van der Waals surface area contributed by atoms with Crippen molar-refractivity contribution in [3.8, 4) is 0 Å². The molecule has 0 aromatic carbocycles. The lowest BCUT2D eigenvalue weighted by atomic mass is 10.1. The molecule has 13 heavy (non-hydrogen) atoms. The number of H-pyrrole nitrogens is 1. The maximum Gasteiger partial charge on any atom is 0.269 e. The summed E-state index contributed by atoms with van der Waals surface area (Å²) in [5.74, 6) is 0.0369. The highest BCUT2D eigenvalue weighted by Gasteiger charge is 2.16. The van der Waals surface area contributed by atoms with E-state index in [4.69, 9.17) is 11.5 Å². The van der Waals surface area contributed by atoms with Crippen LogP contribution in [0.5, 0.6) is 0 Å². The number of pyridine rings is 1. The van der Waals surface area contributed by atoms with Crippen LogP contribution in [-0.2, 0) is 6.54 Å². The van der Waals surface area contributed by atoms with E-state index < -0.39 is 17.5 Å². The SMILES string of the molecule is NCc1cc(N)[nH]c(=O)c1C(F)F. The van der Waals surface area contributed by atoms with Crippen molar-refractivity contribution in [3.63, 3.8) is 0 Å². The highest BCUT2D eigenvalue weighted by molar-refractivity contribution is 5.37. The Morgan fingerprint density at radius 1 is 1.54 bits per heavy atom. The Hall–Kier alpha value is -1.43. The van der Waals surface area contributed by atoms with Crippen LogP contribution in [0.25, 0.3) is 0 Å². The molecule has 1 heterocycles. The van der Waals surface area contributed by atoms with Gasteiger partial charge in [0.2, 0.25) is 0 Å². The molecule has 0 amide bonds. The summed E-state index contributed by atoms with van der Waals surface area (Å²) in [4.78, 5) is 13.1. The Kier molecular flexibility index (Phi) is 2.62. The van der Waals surface area contributed by atoms with Gasteiger partial charge in [0.15, 0.2) is 0 Å². The van der Waals surface area contributed by atoms with Crippen molar-refractivity contribution in [2.45, 2.75) is 13.0 Å². The number of hydrogen-bond acceptors (Lipinski definition) is 3. The quantitative estimate of drug-likeness (QED) is 0.627. The second-order valence-corrected chi connectivity index (χ2v) is 2.50. The Morgan fingerprint density at radius 3 is 2.62 bits per heavy atom. The molecule has 0 fully saturated rings. The summed E-state index contributed by atoms with van der Waals surface area (Å²) < 4.78 is 24.6. The maximum absolute atomic E-state index is 12.3. The van der Waals surface area contributed by atoms with Gasteiger partial charge < -0.3 is 16.5 Å². The highest BCUT2D eigenvalue weighted by atomic mass is 19.3. The molecule has 0 saturated heterocycles. The number of anilines is 1. The monoisotopic (exact) mass is 189 g/mol. The van der Waals surface area contributed by atoms with E-state index in [-0.39, 0.29) is 17.9 Å². The minimum atomic E-state index is -2.83. The van der Waals surface area contributed by atoms with Crippen LogP contribution in [0.2, 0.25) is 0 Å². The van der Waals surface area contributed by atoms with Crippen molar-refractivity contribution in [1.29, 1.82) is 0 Å². The van der Waals surface area contributed by atoms with Crippen molar-refractivity contribution in [1.82, 2.24) is 4.98 Å². The molecule has 0 saturated carbocycles. The van der Waals surface area contributed by atoms with Crippen LogP contribution in [-0.4, -0.2) is 4.98 Å². The van der Waals surface area contributed by atoms with Gasteiger partial charge in [-0.2, -0.15) is 0 Å². The first-order valence-electron chi connectivity index (χ1n) is 3.56. The van der Waals surface area contributed by atoms with E-state index in [1.54, 1.807) is 0 Å². The number of halogens is 2. The molecule has 1 rings (SSSR count). The Morgan fingerprint density at radius 2 is 2.15 bits per heavy atom. The van der Waals surface area contributed by atoms with Gasteiger partial charge in [0, 0.05) is 6.54 Å². The van der Waals surface area contributed by atoms with Gasteiger partial charge in [-0.05, 0) is 11.6 Å². The van der Waals surface area contributed by atoms with Crippen LogP contribution in [0.1, 0.15) is 17.6 Å². The molecule has 0 unspecified atom stereocenters. The summed E-state index contributed by atoms with van der Waals surface area (Å²) in [5, 5.41) is 0. The minimum Gasteiger partial charge on any atom is -0.385 e. The van der Waals surface area contributed by atoms with Gasteiger partial charge in [0.1, 0.15) is 5.82 Å². The van der Waals surface area contributed by atoms with E-state index in [2.05, 4.69) is 4.98 Å². The Balaban J connectivity index is 3.39. The van der Waals surface area contributed by atoms with Crippen molar-refractivity contribution >= 4 is 5.82 Å². The molecule has 0 radical (unpaired) electrons. The number of nitrogens with one attached hydrogen (secondary N) is 1. The highest BCUT2D eigenvalue weighted by Crippen LogP contribution is 2.19. The molecule has 0 aliphatic carbocycles. The summed E-state index contributed by atoms with van der Waals surface area (Å²) in [7, 11) is 0. The van der Waals surface area contributed by atoms with E-state index in [0.29, 0.717) is 0 Å². The third-order valence-electron chi connectivity index (χ3n) is 1.62.